The van der Waals surface area contributed by atoms with Gasteiger partial charge in [0.05, 0.1) is 11.1 Å². The van der Waals surface area contributed by atoms with Crippen LogP contribution in [0.4, 0.5) is 0 Å². The Bertz CT molecular complexity index is 596. The average molecular weight is 322 g/mol. The molecule has 0 spiro atoms. The minimum Gasteiger partial charge on any atom is -0.456 e. The van der Waals surface area contributed by atoms with Gasteiger partial charge in [-0.1, -0.05) is 12.1 Å². The molecule has 0 saturated carbocycles. The lowest BCUT2D eigenvalue weighted by Crippen LogP contribution is -2.10. The number of hydrogen-bond donors (Lipinski definition) is 2. The number of nitrogens with two attached hydrogens (primary N) is 1. The highest BCUT2D eigenvalue weighted by atomic mass is 79.9. The molecule has 0 aliphatic carbocycles. The topological polar surface area (TPSA) is 72.6 Å². The zero-order valence-corrected chi connectivity index (χ0v) is 11.6. The lowest BCUT2D eigenvalue weighted by Gasteiger charge is -2.09. The molecule has 5 heteroatoms. The van der Waals surface area contributed by atoms with Gasteiger partial charge in [-0.05, 0) is 51.8 Å². The van der Waals surface area contributed by atoms with Crippen LogP contribution in [0.1, 0.15) is 15.9 Å². The molecule has 2 aromatic carbocycles. The van der Waals surface area contributed by atoms with E-state index in [9.17, 15) is 4.79 Å². The summed E-state index contributed by atoms with van der Waals surface area (Å²) in [6, 6.07) is 12.0. The molecule has 2 aromatic rings. The molecule has 98 valence electrons. The number of aliphatic hydroxyl groups excluding tert-OH is 1. The standard InChI is InChI=1S/C14H12BrNO3/c15-12-7-10(14(16)18)3-6-13(12)19-11-4-1-9(8-17)2-5-11/h1-7,17H,8H2,(H2,16,18). The van der Waals surface area contributed by atoms with Crippen molar-refractivity contribution in [3.8, 4) is 11.5 Å². The first-order valence-electron chi connectivity index (χ1n) is 5.57. The predicted molar refractivity (Wildman–Crippen MR) is 75.1 cm³/mol. The Kier molecular flexibility index (Phi) is 4.19. The van der Waals surface area contributed by atoms with Crippen LogP contribution in [0.15, 0.2) is 46.9 Å². The molecule has 0 atom stereocenters. The summed E-state index contributed by atoms with van der Waals surface area (Å²) in [4.78, 5) is 11.0. The van der Waals surface area contributed by atoms with Crippen LogP contribution in [0, 0.1) is 0 Å². The van der Waals surface area contributed by atoms with Gasteiger partial charge in [0.2, 0.25) is 5.91 Å². The number of ether oxygens (including phenoxy) is 1. The minimum absolute atomic E-state index is 0.00270. The van der Waals surface area contributed by atoms with Crippen LogP contribution in [-0.2, 0) is 6.61 Å². The van der Waals surface area contributed by atoms with Crippen molar-refractivity contribution in [3.05, 3.63) is 58.1 Å². The van der Waals surface area contributed by atoms with Crippen LogP contribution in [0.5, 0.6) is 11.5 Å². The molecular weight excluding hydrogens is 310 g/mol. The fourth-order valence-corrected chi connectivity index (χ4v) is 1.99. The zero-order valence-electron chi connectivity index (χ0n) is 9.97. The SMILES string of the molecule is NC(=O)c1ccc(Oc2ccc(CO)cc2)c(Br)c1. The van der Waals surface area contributed by atoms with Crippen molar-refractivity contribution in [3.63, 3.8) is 0 Å². The number of benzene rings is 2. The highest BCUT2D eigenvalue weighted by Gasteiger charge is 2.07. The van der Waals surface area contributed by atoms with Crippen LogP contribution in [0.2, 0.25) is 0 Å². The van der Waals surface area contributed by atoms with E-state index in [0.29, 0.717) is 21.5 Å². The number of rotatable bonds is 4. The molecule has 0 aliphatic rings. The van der Waals surface area contributed by atoms with E-state index < -0.39 is 5.91 Å². The van der Waals surface area contributed by atoms with E-state index in [1.54, 1.807) is 42.5 Å². The number of aliphatic hydroxyl groups is 1. The lowest BCUT2D eigenvalue weighted by atomic mass is 10.2. The molecule has 3 N–H and O–H groups in total. The quantitative estimate of drug-likeness (QED) is 0.909. The molecule has 0 fully saturated rings. The van der Waals surface area contributed by atoms with Gasteiger partial charge >= 0.3 is 0 Å². The summed E-state index contributed by atoms with van der Waals surface area (Å²) in [5, 5.41) is 8.95. The van der Waals surface area contributed by atoms with Crippen LogP contribution < -0.4 is 10.5 Å². The maximum absolute atomic E-state index is 11.0. The fourth-order valence-electron chi connectivity index (χ4n) is 1.53. The van der Waals surface area contributed by atoms with E-state index in [-0.39, 0.29) is 6.61 Å². The Morgan fingerprint density at radius 2 is 1.89 bits per heavy atom. The number of carbonyl (C=O) groups excluding carboxylic acids is 1. The molecule has 19 heavy (non-hydrogen) atoms. The molecular formula is C14H12BrNO3. The molecule has 1 amide bonds. The van der Waals surface area contributed by atoms with Gasteiger partial charge in [-0.25, -0.2) is 0 Å². The van der Waals surface area contributed by atoms with Crippen molar-refractivity contribution in [1.29, 1.82) is 0 Å². The van der Waals surface area contributed by atoms with Gasteiger partial charge in [-0.3, -0.25) is 4.79 Å². The normalized spacial score (nSPS) is 10.2. The van der Waals surface area contributed by atoms with E-state index in [1.807, 2.05) is 0 Å². The summed E-state index contributed by atoms with van der Waals surface area (Å²) in [7, 11) is 0. The largest absolute Gasteiger partial charge is 0.456 e. The summed E-state index contributed by atoms with van der Waals surface area (Å²) >= 11 is 3.33. The maximum Gasteiger partial charge on any atom is 0.248 e. The monoisotopic (exact) mass is 321 g/mol. The van der Waals surface area contributed by atoms with Gasteiger partial charge < -0.3 is 15.6 Å². The smallest absolute Gasteiger partial charge is 0.248 e. The molecule has 0 aliphatic heterocycles. The van der Waals surface area contributed by atoms with Crippen molar-refractivity contribution in [2.24, 2.45) is 5.73 Å². The molecule has 0 aromatic heterocycles. The first-order valence-corrected chi connectivity index (χ1v) is 6.36. The summed E-state index contributed by atoms with van der Waals surface area (Å²) in [5.74, 6) is 0.742. The van der Waals surface area contributed by atoms with Gasteiger partial charge in [-0.2, -0.15) is 0 Å². The maximum atomic E-state index is 11.0. The predicted octanol–water partition coefficient (Wildman–Crippen LogP) is 2.83. The van der Waals surface area contributed by atoms with Crippen molar-refractivity contribution in [1.82, 2.24) is 0 Å². The molecule has 0 heterocycles. The second-order valence-corrected chi connectivity index (χ2v) is 4.77. The molecule has 0 unspecified atom stereocenters. The van der Waals surface area contributed by atoms with Crippen LogP contribution in [0.3, 0.4) is 0 Å². The molecule has 4 nitrogen and oxygen atoms in total. The zero-order chi connectivity index (χ0) is 13.8. The first kappa shape index (κ1) is 13.6. The van der Waals surface area contributed by atoms with Gasteiger partial charge in [0.15, 0.2) is 0 Å². The Balaban J connectivity index is 2.20. The third-order valence-electron chi connectivity index (χ3n) is 2.55. The number of halogens is 1. The molecule has 2 rings (SSSR count). The summed E-state index contributed by atoms with van der Waals surface area (Å²) < 4.78 is 6.31. The second-order valence-electron chi connectivity index (χ2n) is 3.91. The summed E-state index contributed by atoms with van der Waals surface area (Å²) in [5.41, 5.74) is 6.42. The van der Waals surface area contributed by atoms with Gasteiger partial charge in [0.25, 0.3) is 0 Å². The Labute approximate surface area is 118 Å². The second kappa shape index (κ2) is 5.86. The first-order chi connectivity index (χ1) is 9.10. The number of carbonyl (C=O) groups is 1. The highest BCUT2D eigenvalue weighted by molar-refractivity contribution is 9.10. The van der Waals surface area contributed by atoms with E-state index in [2.05, 4.69) is 15.9 Å². The van der Waals surface area contributed by atoms with E-state index in [0.717, 1.165) is 5.56 Å². The Morgan fingerprint density at radius 3 is 2.42 bits per heavy atom. The van der Waals surface area contributed by atoms with Gasteiger partial charge in [-0.15, -0.1) is 0 Å². The van der Waals surface area contributed by atoms with Crippen LogP contribution in [-0.4, -0.2) is 11.0 Å². The van der Waals surface area contributed by atoms with E-state index in [1.165, 1.54) is 0 Å². The third kappa shape index (κ3) is 3.33. The van der Waals surface area contributed by atoms with Crippen LogP contribution in [0.25, 0.3) is 0 Å². The summed E-state index contributed by atoms with van der Waals surface area (Å²) in [6.45, 7) is -0.00270. The van der Waals surface area contributed by atoms with Gasteiger partial charge in [0.1, 0.15) is 11.5 Å². The average Bonchev–Trinajstić information content (AvgIpc) is 2.41. The highest BCUT2D eigenvalue weighted by Crippen LogP contribution is 2.30. The molecule has 0 saturated heterocycles. The van der Waals surface area contributed by atoms with Crippen molar-refractivity contribution in [2.45, 2.75) is 6.61 Å². The molecule has 0 radical (unpaired) electrons. The van der Waals surface area contributed by atoms with E-state index >= 15 is 0 Å². The Morgan fingerprint density at radius 1 is 1.21 bits per heavy atom. The Hall–Kier alpha value is -1.85. The van der Waals surface area contributed by atoms with Crippen LogP contribution >= 0.6 is 15.9 Å². The van der Waals surface area contributed by atoms with E-state index in [4.69, 9.17) is 15.6 Å². The minimum atomic E-state index is -0.487. The summed E-state index contributed by atoms with van der Waals surface area (Å²) in [6.07, 6.45) is 0. The number of hydrogen-bond acceptors (Lipinski definition) is 3. The fraction of sp³-hybridized carbons (Fsp3) is 0.0714. The third-order valence-corrected chi connectivity index (χ3v) is 3.17. The van der Waals surface area contributed by atoms with Crippen molar-refractivity contribution < 1.29 is 14.6 Å². The number of primary amides is 1. The number of amides is 1. The lowest BCUT2D eigenvalue weighted by molar-refractivity contribution is 0.1000. The van der Waals surface area contributed by atoms with Gasteiger partial charge in [0, 0.05) is 5.56 Å². The van der Waals surface area contributed by atoms with Crippen molar-refractivity contribution in [2.75, 3.05) is 0 Å². The molecule has 0 bridgehead atoms. The van der Waals surface area contributed by atoms with Crippen molar-refractivity contribution >= 4 is 21.8 Å².